The van der Waals surface area contributed by atoms with Gasteiger partial charge < -0.3 is 19.1 Å². The van der Waals surface area contributed by atoms with E-state index in [-0.39, 0.29) is 17.3 Å². The van der Waals surface area contributed by atoms with Gasteiger partial charge in [0.05, 0.1) is 14.2 Å². The Labute approximate surface area is 192 Å². The van der Waals surface area contributed by atoms with Crippen LogP contribution in [0.3, 0.4) is 0 Å². The maximum absolute atomic E-state index is 14.2. The van der Waals surface area contributed by atoms with E-state index < -0.39 is 0 Å². The normalized spacial score (nSPS) is 14.0. The SMILES string of the molecule is COc1cc(/C=C2/C(C)=C(CCC(=O)c3ccn(C)c3)c3cc(F)ccc32)cc(OC)c1O. The molecular formula is C27H26FNO4. The number of fused-ring (bicyclic) bond motifs is 1. The fraction of sp³-hybridized carbons (Fsp3) is 0.222. The lowest BCUT2D eigenvalue weighted by molar-refractivity contribution is 0.0984. The van der Waals surface area contributed by atoms with E-state index in [0.29, 0.717) is 29.9 Å². The number of nitrogens with zero attached hydrogens (tertiary/aromatic N) is 1. The van der Waals surface area contributed by atoms with Gasteiger partial charge in [0, 0.05) is 31.4 Å². The lowest BCUT2D eigenvalue weighted by atomic mass is 9.98. The fourth-order valence-corrected chi connectivity index (χ4v) is 4.29. The number of aromatic hydroxyl groups is 1. The van der Waals surface area contributed by atoms with E-state index in [0.717, 1.165) is 33.4 Å². The van der Waals surface area contributed by atoms with E-state index >= 15 is 0 Å². The number of carbonyl (C=O) groups excluding carboxylic acids is 1. The van der Waals surface area contributed by atoms with Crippen molar-refractivity contribution in [2.24, 2.45) is 7.05 Å². The second kappa shape index (κ2) is 8.98. The number of phenols is 1. The molecule has 2 aromatic carbocycles. The first-order valence-corrected chi connectivity index (χ1v) is 10.6. The van der Waals surface area contributed by atoms with Crippen molar-refractivity contribution >= 4 is 23.0 Å². The molecule has 33 heavy (non-hydrogen) atoms. The van der Waals surface area contributed by atoms with Crippen LogP contribution in [0.15, 0.2) is 54.4 Å². The highest BCUT2D eigenvalue weighted by molar-refractivity contribution is 6.06. The van der Waals surface area contributed by atoms with Crippen LogP contribution in [0.1, 0.15) is 46.8 Å². The van der Waals surface area contributed by atoms with Crippen LogP contribution in [0.5, 0.6) is 17.2 Å². The zero-order chi connectivity index (χ0) is 23.7. The number of aromatic nitrogens is 1. The highest BCUT2D eigenvalue weighted by Crippen LogP contribution is 2.45. The molecule has 0 amide bonds. The van der Waals surface area contributed by atoms with Gasteiger partial charge in [-0.2, -0.15) is 0 Å². The quantitative estimate of drug-likeness (QED) is 0.460. The van der Waals surface area contributed by atoms with Crippen molar-refractivity contribution in [3.63, 3.8) is 0 Å². The standard InChI is InChI=1S/C27H26FNO4/c1-16-20(7-8-24(30)18-9-10-29(2)15-18)23-14-19(28)5-6-21(23)22(16)11-17-12-25(32-3)27(31)26(13-17)33-4/h5-6,9-15,31H,7-8H2,1-4H3/b22-11-. The summed E-state index contributed by atoms with van der Waals surface area (Å²) in [7, 11) is 4.84. The monoisotopic (exact) mass is 447 g/mol. The first-order chi connectivity index (χ1) is 15.8. The second-order valence-electron chi connectivity index (χ2n) is 8.11. The van der Waals surface area contributed by atoms with Gasteiger partial charge in [0.25, 0.3) is 0 Å². The van der Waals surface area contributed by atoms with E-state index in [2.05, 4.69) is 0 Å². The molecule has 170 valence electrons. The maximum atomic E-state index is 14.2. The second-order valence-corrected chi connectivity index (χ2v) is 8.11. The van der Waals surface area contributed by atoms with Crippen molar-refractivity contribution in [1.82, 2.24) is 4.57 Å². The molecular weight excluding hydrogens is 421 g/mol. The number of halogens is 1. The fourth-order valence-electron chi connectivity index (χ4n) is 4.29. The first-order valence-electron chi connectivity index (χ1n) is 10.6. The van der Waals surface area contributed by atoms with Gasteiger partial charge in [-0.1, -0.05) is 6.07 Å². The molecule has 1 aliphatic rings. The van der Waals surface area contributed by atoms with E-state index in [9.17, 15) is 14.3 Å². The molecule has 6 heteroatoms. The molecule has 1 heterocycles. The third kappa shape index (κ3) is 4.29. The molecule has 0 saturated carbocycles. The molecule has 0 bridgehead atoms. The largest absolute Gasteiger partial charge is 0.502 e. The number of ether oxygens (including phenoxy) is 2. The summed E-state index contributed by atoms with van der Waals surface area (Å²) in [4.78, 5) is 12.7. The average Bonchev–Trinajstić information content (AvgIpc) is 3.34. The number of phenolic OH excluding ortho intramolecular Hbond substituents is 1. The average molecular weight is 448 g/mol. The molecule has 0 radical (unpaired) electrons. The minimum atomic E-state index is -0.317. The number of allylic oxidation sites excluding steroid dienone is 3. The van der Waals surface area contributed by atoms with Crippen molar-refractivity contribution in [2.75, 3.05) is 14.2 Å². The zero-order valence-corrected chi connectivity index (χ0v) is 19.1. The number of hydrogen-bond acceptors (Lipinski definition) is 4. The minimum absolute atomic E-state index is 0.0549. The van der Waals surface area contributed by atoms with Gasteiger partial charge >= 0.3 is 0 Å². The predicted molar refractivity (Wildman–Crippen MR) is 127 cm³/mol. The Morgan fingerprint density at radius 1 is 1.09 bits per heavy atom. The van der Waals surface area contributed by atoms with Gasteiger partial charge in [0.2, 0.25) is 5.75 Å². The summed E-state index contributed by atoms with van der Waals surface area (Å²) in [5, 5.41) is 10.2. The maximum Gasteiger partial charge on any atom is 0.200 e. The summed E-state index contributed by atoms with van der Waals surface area (Å²) in [5.41, 5.74) is 6.03. The summed E-state index contributed by atoms with van der Waals surface area (Å²) in [6, 6.07) is 9.98. The summed E-state index contributed by atoms with van der Waals surface area (Å²) in [6.45, 7) is 1.99. The van der Waals surface area contributed by atoms with Crippen LogP contribution in [0, 0.1) is 5.82 Å². The van der Waals surface area contributed by atoms with E-state index in [1.807, 2.05) is 43.1 Å². The molecule has 1 N–H and O–H groups in total. The van der Waals surface area contributed by atoms with Gasteiger partial charge in [-0.15, -0.1) is 0 Å². The Bertz CT molecular complexity index is 1270. The number of aryl methyl sites for hydroxylation is 1. The molecule has 0 aliphatic heterocycles. The number of Topliss-reactive ketones (excluding diaryl/α,β-unsaturated/α-hetero) is 1. The Balaban J connectivity index is 1.73. The van der Waals surface area contributed by atoms with Gasteiger partial charge in [0.1, 0.15) is 5.82 Å². The van der Waals surface area contributed by atoms with E-state index in [1.165, 1.54) is 26.4 Å². The van der Waals surface area contributed by atoms with Crippen molar-refractivity contribution < 1.29 is 23.8 Å². The number of carbonyl (C=O) groups is 1. The number of hydrogen-bond donors (Lipinski definition) is 1. The molecule has 4 rings (SSSR count). The van der Waals surface area contributed by atoms with Crippen LogP contribution in [-0.4, -0.2) is 29.7 Å². The topological polar surface area (TPSA) is 60.7 Å². The van der Waals surface area contributed by atoms with Crippen LogP contribution in [0.4, 0.5) is 4.39 Å². The van der Waals surface area contributed by atoms with Crippen molar-refractivity contribution in [3.8, 4) is 17.2 Å². The highest BCUT2D eigenvalue weighted by atomic mass is 19.1. The minimum Gasteiger partial charge on any atom is -0.502 e. The molecule has 1 aliphatic carbocycles. The van der Waals surface area contributed by atoms with Crippen molar-refractivity contribution in [2.45, 2.75) is 19.8 Å². The van der Waals surface area contributed by atoms with Crippen LogP contribution < -0.4 is 9.47 Å². The third-order valence-corrected chi connectivity index (χ3v) is 6.02. The number of ketones is 1. The Hall–Kier alpha value is -3.80. The zero-order valence-electron chi connectivity index (χ0n) is 19.1. The lowest BCUT2D eigenvalue weighted by Crippen LogP contribution is -1.98. The van der Waals surface area contributed by atoms with Gasteiger partial charge in [0.15, 0.2) is 17.3 Å². The Morgan fingerprint density at radius 2 is 1.79 bits per heavy atom. The van der Waals surface area contributed by atoms with E-state index in [4.69, 9.17) is 9.47 Å². The summed E-state index contributed by atoms with van der Waals surface area (Å²) in [5.74, 6) is 0.271. The molecule has 5 nitrogen and oxygen atoms in total. The third-order valence-electron chi connectivity index (χ3n) is 6.02. The number of methoxy groups -OCH3 is 2. The summed E-state index contributed by atoms with van der Waals surface area (Å²) in [6.07, 6.45) is 6.46. The predicted octanol–water partition coefficient (Wildman–Crippen LogP) is 5.88. The lowest BCUT2D eigenvalue weighted by Gasteiger charge is -2.11. The van der Waals surface area contributed by atoms with Gasteiger partial charge in [-0.3, -0.25) is 4.79 Å². The molecule has 1 aromatic heterocycles. The first kappa shape index (κ1) is 22.4. The van der Waals surface area contributed by atoms with Crippen LogP contribution >= 0.6 is 0 Å². The van der Waals surface area contributed by atoms with Gasteiger partial charge in [-0.05, 0) is 83.2 Å². The van der Waals surface area contributed by atoms with Crippen molar-refractivity contribution in [1.29, 1.82) is 0 Å². The molecule has 0 spiro atoms. The van der Waals surface area contributed by atoms with Crippen LogP contribution in [0.25, 0.3) is 17.2 Å². The molecule has 0 fully saturated rings. The number of rotatable bonds is 7. The Kier molecular flexibility index (Phi) is 6.09. The van der Waals surface area contributed by atoms with E-state index in [1.54, 1.807) is 18.2 Å². The van der Waals surface area contributed by atoms with Crippen LogP contribution in [-0.2, 0) is 7.05 Å². The van der Waals surface area contributed by atoms with Crippen LogP contribution in [0.2, 0.25) is 0 Å². The smallest absolute Gasteiger partial charge is 0.200 e. The number of benzene rings is 2. The summed E-state index contributed by atoms with van der Waals surface area (Å²) < 4.78 is 26.5. The summed E-state index contributed by atoms with van der Waals surface area (Å²) >= 11 is 0. The highest BCUT2D eigenvalue weighted by Gasteiger charge is 2.25. The van der Waals surface area contributed by atoms with Gasteiger partial charge in [-0.25, -0.2) is 4.39 Å². The molecule has 0 unspecified atom stereocenters. The van der Waals surface area contributed by atoms with Crippen molar-refractivity contribution in [3.05, 3.63) is 82.4 Å². The molecule has 0 atom stereocenters. The molecule has 0 saturated heterocycles. The Morgan fingerprint density at radius 3 is 2.39 bits per heavy atom. The molecule has 3 aromatic rings.